The van der Waals surface area contributed by atoms with E-state index in [0.717, 1.165) is 4.47 Å². The minimum atomic E-state index is -0.822. The molecule has 0 aromatic heterocycles. The molecule has 2 saturated heterocycles. The van der Waals surface area contributed by atoms with Crippen LogP contribution in [0.25, 0.3) is 0 Å². The first kappa shape index (κ1) is 18.0. The maximum Gasteiger partial charge on any atom is 0.240 e. The van der Waals surface area contributed by atoms with Crippen LogP contribution < -0.4 is 4.90 Å². The van der Waals surface area contributed by atoms with E-state index in [2.05, 4.69) is 21.0 Å². The molecule has 2 amide bonds. The number of para-hydroxylation sites is 1. The largest absolute Gasteiger partial charge is 0.292 e. The number of hydrogen-bond acceptors (Lipinski definition) is 5. The van der Waals surface area contributed by atoms with Crippen molar-refractivity contribution in [2.75, 3.05) is 4.90 Å². The van der Waals surface area contributed by atoms with Crippen molar-refractivity contribution >= 4 is 45.4 Å². The van der Waals surface area contributed by atoms with Crippen molar-refractivity contribution in [3.05, 3.63) is 76.8 Å². The molecule has 29 heavy (non-hydrogen) atoms. The first-order valence-corrected chi connectivity index (χ1v) is 10.1. The number of Topliss-reactive ketones (excluding diaryl/α,β-unsaturated/α-hetero) is 1. The summed E-state index contributed by atoms with van der Waals surface area (Å²) in [6, 6.07) is 14.6. The molecule has 144 valence electrons. The molecule has 7 heteroatoms. The van der Waals surface area contributed by atoms with E-state index in [1.54, 1.807) is 65.8 Å². The fraction of sp³-hybridized carbons (Fsp3) is 0.182. The molecule has 3 aliphatic rings. The van der Waals surface area contributed by atoms with Crippen molar-refractivity contribution in [1.82, 2.24) is 5.01 Å². The van der Waals surface area contributed by atoms with Crippen molar-refractivity contribution in [1.29, 1.82) is 0 Å². The van der Waals surface area contributed by atoms with Gasteiger partial charge in [0.25, 0.3) is 0 Å². The number of allylic oxidation sites excluding steroid dienone is 1. The zero-order valence-electron chi connectivity index (χ0n) is 15.2. The summed E-state index contributed by atoms with van der Waals surface area (Å²) in [5.74, 6) is -2.25. The maximum atomic E-state index is 13.4. The summed E-state index contributed by atoms with van der Waals surface area (Å²) in [6.45, 7) is 0. The van der Waals surface area contributed by atoms with Gasteiger partial charge in [0, 0.05) is 16.3 Å². The minimum absolute atomic E-state index is 0.210. The zero-order valence-corrected chi connectivity index (χ0v) is 16.8. The lowest BCUT2D eigenvalue weighted by atomic mass is 9.86. The van der Waals surface area contributed by atoms with Crippen LogP contribution in [0.3, 0.4) is 0 Å². The number of rotatable bonds is 3. The van der Waals surface area contributed by atoms with Crippen molar-refractivity contribution < 1.29 is 14.4 Å². The van der Waals surface area contributed by atoms with Crippen molar-refractivity contribution in [3.63, 3.8) is 0 Å². The van der Waals surface area contributed by atoms with Crippen LogP contribution in [0.5, 0.6) is 0 Å². The number of imide groups is 1. The van der Waals surface area contributed by atoms with Gasteiger partial charge < -0.3 is 0 Å². The standard InChI is InChI=1S/C22H16BrN3O3/c23-14-10-8-13(9-11-14)20(27)19-18-17(16-7-4-12-24-26(16)19)21(28)25(22(18)29)15-5-2-1-3-6-15/h1-12,16-19H. The summed E-state index contributed by atoms with van der Waals surface area (Å²) >= 11 is 3.37. The van der Waals surface area contributed by atoms with Gasteiger partial charge >= 0.3 is 0 Å². The normalized spacial score (nSPS) is 27.3. The van der Waals surface area contributed by atoms with E-state index in [1.807, 2.05) is 12.1 Å². The molecule has 2 fully saturated rings. The van der Waals surface area contributed by atoms with Crippen molar-refractivity contribution in [3.8, 4) is 0 Å². The van der Waals surface area contributed by atoms with E-state index < -0.39 is 23.9 Å². The van der Waals surface area contributed by atoms with Gasteiger partial charge in [-0.2, -0.15) is 5.10 Å². The lowest BCUT2D eigenvalue weighted by molar-refractivity contribution is -0.123. The van der Waals surface area contributed by atoms with E-state index in [1.165, 1.54) is 4.90 Å². The monoisotopic (exact) mass is 449 g/mol. The highest BCUT2D eigenvalue weighted by molar-refractivity contribution is 9.10. The number of hydrazone groups is 1. The quantitative estimate of drug-likeness (QED) is 0.533. The van der Waals surface area contributed by atoms with Gasteiger partial charge in [0.1, 0.15) is 6.04 Å². The van der Waals surface area contributed by atoms with E-state index in [-0.39, 0.29) is 17.6 Å². The minimum Gasteiger partial charge on any atom is -0.292 e. The molecule has 0 bridgehead atoms. The van der Waals surface area contributed by atoms with Crippen LogP contribution >= 0.6 is 15.9 Å². The second-order valence-electron chi connectivity index (χ2n) is 7.24. The van der Waals surface area contributed by atoms with Gasteiger partial charge in [-0.3, -0.25) is 19.4 Å². The Bertz CT molecular complexity index is 1060. The Morgan fingerprint density at radius 2 is 1.62 bits per heavy atom. The zero-order chi connectivity index (χ0) is 20.1. The number of nitrogens with zero attached hydrogens (tertiary/aromatic N) is 3. The topological polar surface area (TPSA) is 70.0 Å². The Morgan fingerprint density at radius 3 is 2.34 bits per heavy atom. The van der Waals surface area contributed by atoms with Crippen LogP contribution in [0.2, 0.25) is 0 Å². The summed E-state index contributed by atoms with van der Waals surface area (Å²) in [4.78, 5) is 41.3. The fourth-order valence-corrected chi connectivity index (χ4v) is 4.72. The molecule has 0 radical (unpaired) electrons. The summed E-state index contributed by atoms with van der Waals surface area (Å²) < 4.78 is 0.859. The Morgan fingerprint density at radius 1 is 0.931 bits per heavy atom. The van der Waals surface area contributed by atoms with E-state index in [0.29, 0.717) is 11.3 Å². The van der Waals surface area contributed by atoms with Crippen LogP contribution in [0, 0.1) is 11.8 Å². The molecule has 4 atom stereocenters. The Kier molecular flexibility index (Phi) is 4.20. The molecular formula is C22H16BrN3O3. The van der Waals surface area contributed by atoms with Gasteiger partial charge in [0.2, 0.25) is 11.8 Å². The SMILES string of the molecule is O=C(c1ccc(Br)cc1)C1C2C(=O)N(c3ccccc3)C(=O)C2C2C=CC=NN21. The van der Waals surface area contributed by atoms with Crippen LogP contribution in [0.1, 0.15) is 10.4 Å². The smallest absolute Gasteiger partial charge is 0.240 e. The molecule has 3 heterocycles. The second kappa shape index (κ2) is 6.77. The molecule has 5 rings (SSSR count). The van der Waals surface area contributed by atoms with Crippen molar-refractivity contribution in [2.24, 2.45) is 16.9 Å². The number of fused-ring (bicyclic) bond motifs is 3. The molecule has 3 aliphatic heterocycles. The lowest BCUT2D eigenvalue weighted by Crippen LogP contribution is -2.46. The number of anilines is 1. The number of ketones is 1. The number of halogens is 1. The Balaban J connectivity index is 1.58. The molecular weight excluding hydrogens is 434 g/mol. The lowest BCUT2D eigenvalue weighted by Gasteiger charge is -2.30. The molecule has 4 unspecified atom stereocenters. The first-order chi connectivity index (χ1) is 14.1. The average molecular weight is 450 g/mol. The highest BCUT2D eigenvalue weighted by Crippen LogP contribution is 2.46. The third kappa shape index (κ3) is 2.68. The maximum absolute atomic E-state index is 13.4. The fourth-order valence-electron chi connectivity index (χ4n) is 4.45. The average Bonchev–Trinajstić information content (AvgIpc) is 3.22. The molecule has 2 aromatic carbocycles. The number of benzene rings is 2. The van der Waals surface area contributed by atoms with Crippen LogP contribution in [0.15, 0.2) is 76.3 Å². The third-order valence-corrected chi connectivity index (χ3v) is 6.23. The number of amides is 2. The summed E-state index contributed by atoms with van der Waals surface area (Å²) in [6.07, 6.45) is 5.19. The Hall–Kier alpha value is -3.06. The Labute approximate surface area is 175 Å². The van der Waals surface area contributed by atoms with Crippen molar-refractivity contribution in [2.45, 2.75) is 12.1 Å². The number of carbonyl (C=O) groups is 3. The highest BCUT2D eigenvalue weighted by Gasteiger charge is 2.64. The molecule has 2 aromatic rings. The summed E-state index contributed by atoms with van der Waals surface area (Å²) in [5, 5.41) is 5.98. The van der Waals surface area contributed by atoms with E-state index in [4.69, 9.17) is 0 Å². The predicted octanol–water partition coefficient (Wildman–Crippen LogP) is 3.05. The molecule has 6 nitrogen and oxygen atoms in total. The van der Waals surface area contributed by atoms with Gasteiger partial charge in [-0.15, -0.1) is 0 Å². The van der Waals surface area contributed by atoms with Crippen LogP contribution in [-0.2, 0) is 9.59 Å². The highest BCUT2D eigenvalue weighted by atomic mass is 79.9. The molecule has 0 N–H and O–H groups in total. The molecule has 0 spiro atoms. The number of carbonyl (C=O) groups excluding carboxylic acids is 3. The van der Waals surface area contributed by atoms with E-state index in [9.17, 15) is 14.4 Å². The third-order valence-electron chi connectivity index (χ3n) is 5.70. The van der Waals surface area contributed by atoms with E-state index >= 15 is 0 Å². The van der Waals surface area contributed by atoms with Gasteiger partial charge in [0.05, 0.1) is 23.6 Å². The predicted molar refractivity (Wildman–Crippen MR) is 111 cm³/mol. The number of hydrogen-bond donors (Lipinski definition) is 0. The summed E-state index contributed by atoms with van der Waals surface area (Å²) in [7, 11) is 0. The molecule has 0 aliphatic carbocycles. The summed E-state index contributed by atoms with van der Waals surface area (Å²) in [5.41, 5.74) is 1.02. The molecule has 0 saturated carbocycles. The van der Waals surface area contributed by atoms with Gasteiger partial charge in [-0.25, -0.2) is 4.90 Å². The second-order valence-corrected chi connectivity index (χ2v) is 8.15. The first-order valence-electron chi connectivity index (χ1n) is 9.29. The van der Waals surface area contributed by atoms with Gasteiger partial charge in [-0.1, -0.05) is 52.3 Å². The van der Waals surface area contributed by atoms with Gasteiger partial charge in [-0.05, 0) is 30.3 Å². The van der Waals surface area contributed by atoms with Crippen LogP contribution in [-0.4, -0.2) is 40.9 Å². The van der Waals surface area contributed by atoms with Gasteiger partial charge in [0.15, 0.2) is 5.78 Å². The van der Waals surface area contributed by atoms with Crippen LogP contribution in [0.4, 0.5) is 5.69 Å².